The Morgan fingerprint density at radius 3 is 2.00 bits per heavy atom. The highest BCUT2D eigenvalue weighted by Gasteiger charge is 2.36. The van der Waals surface area contributed by atoms with Gasteiger partial charge in [-0.2, -0.15) is 0 Å². The molecule has 1 aliphatic carbocycles. The van der Waals surface area contributed by atoms with Gasteiger partial charge in [-0.15, -0.1) is 11.6 Å². The summed E-state index contributed by atoms with van der Waals surface area (Å²) in [6, 6.07) is 0. The summed E-state index contributed by atoms with van der Waals surface area (Å²) in [5.41, 5.74) is 0. The summed E-state index contributed by atoms with van der Waals surface area (Å²) >= 11 is 5.91. The van der Waals surface area contributed by atoms with Crippen molar-refractivity contribution in [1.82, 2.24) is 0 Å². The molecule has 0 bridgehead atoms. The van der Waals surface area contributed by atoms with Crippen LogP contribution in [-0.4, -0.2) is 25.9 Å². The molecule has 3 heteroatoms. The van der Waals surface area contributed by atoms with E-state index in [9.17, 15) is 0 Å². The standard InChI is InChI=1S/C4H11ClSi2/c5-3-1-2-4(3,6)7/h3H,1-2H2,6-7H3. The van der Waals surface area contributed by atoms with E-state index in [1.807, 2.05) is 0 Å². The zero-order valence-electron chi connectivity index (χ0n) is 4.87. The smallest absolute Gasteiger partial charge is 0.0328 e. The molecule has 1 aliphatic rings. The summed E-state index contributed by atoms with van der Waals surface area (Å²) in [7, 11) is 2.66. The lowest BCUT2D eigenvalue weighted by atomic mass is 9.97. The zero-order valence-corrected chi connectivity index (χ0v) is 9.63. The summed E-state index contributed by atoms with van der Waals surface area (Å²) in [6.07, 6.45) is 2.72. The Kier molecular flexibility index (Phi) is 1.34. The monoisotopic (exact) mass is 150 g/mol. The van der Waals surface area contributed by atoms with Crippen LogP contribution in [0, 0.1) is 0 Å². The van der Waals surface area contributed by atoms with Crippen LogP contribution in [0.25, 0.3) is 0 Å². The van der Waals surface area contributed by atoms with E-state index in [2.05, 4.69) is 0 Å². The molecule has 0 heterocycles. The van der Waals surface area contributed by atoms with Gasteiger partial charge in [-0.3, -0.25) is 0 Å². The second-order valence-electron chi connectivity index (χ2n) is 2.99. The minimum Gasteiger partial charge on any atom is -0.123 e. The molecule has 42 valence electrons. The maximum Gasteiger partial charge on any atom is 0.0328 e. The lowest BCUT2D eigenvalue weighted by molar-refractivity contribution is 0.465. The van der Waals surface area contributed by atoms with E-state index < -0.39 is 0 Å². The number of hydrogen-bond donors (Lipinski definition) is 0. The van der Waals surface area contributed by atoms with Crippen molar-refractivity contribution in [2.45, 2.75) is 22.9 Å². The van der Waals surface area contributed by atoms with Crippen molar-refractivity contribution in [3.8, 4) is 0 Å². The molecule has 0 N–H and O–H groups in total. The first-order valence-electron chi connectivity index (χ1n) is 2.77. The average Bonchev–Trinajstić information content (AvgIpc) is 1.63. The number of halogens is 1. The third-order valence-electron chi connectivity index (χ3n) is 1.89. The quantitative estimate of drug-likeness (QED) is 0.315. The summed E-state index contributed by atoms with van der Waals surface area (Å²) in [6.45, 7) is 0. The summed E-state index contributed by atoms with van der Waals surface area (Å²) in [5, 5.41) is 0.575. The van der Waals surface area contributed by atoms with Crippen LogP contribution in [0.3, 0.4) is 0 Å². The third kappa shape index (κ3) is 0.927. The van der Waals surface area contributed by atoms with Crippen molar-refractivity contribution >= 4 is 32.1 Å². The number of hydrogen-bond acceptors (Lipinski definition) is 0. The predicted octanol–water partition coefficient (Wildman–Crippen LogP) is -0.765. The highest BCUT2D eigenvalue weighted by atomic mass is 35.5. The minimum atomic E-state index is 0.575. The molecule has 1 rings (SSSR count). The van der Waals surface area contributed by atoms with Gasteiger partial charge in [0.15, 0.2) is 0 Å². The second-order valence-corrected chi connectivity index (χ2v) is 10.1. The van der Waals surface area contributed by atoms with Crippen LogP contribution in [0.5, 0.6) is 0 Å². The first kappa shape index (κ1) is 5.85. The van der Waals surface area contributed by atoms with E-state index in [1.165, 1.54) is 33.3 Å². The van der Waals surface area contributed by atoms with Gasteiger partial charge in [0, 0.05) is 25.9 Å². The lowest BCUT2D eigenvalue weighted by Crippen LogP contribution is -2.35. The van der Waals surface area contributed by atoms with Crippen molar-refractivity contribution in [2.24, 2.45) is 0 Å². The molecule has 0 aromatic rings. The molecule has 1 saturated carbocycles. The molecule has 0 aromatic heterocycles. The largest absolute Gasteiger partial charge is 0.123 e. The molecule has 1 unspecified atom stereocenters. The Hall–Kier alpha value is 0.724. The van der Waals surface area contributed by atoms with E-state index in [0.717, 1.165) is 4.66 Å². The van der Waals surface area contributed by atoms with Crippen LogP contribution in [-0.2, 0) is 0 Å². The Labute approximate surface area is 55.5 Å². The highest BCUT2D eigenvalue weighted by Crippen LogP contribution is 2.45. The number of alkyl halides is 1. The van der Waals surface area contributed by atoms with Gasteiger partial charge in [-0.1, -0.05) is 6.42 Å². The van der Waals surface area contributed by atoms with Gasteiger partial charge in [0.05, 0.1) is 0 Å². The molecule has 0 radical (unpaired) electrons. The van der Waals surface area contributed by atoms with Crippen LogP contribution in [0.2, 0.25) is 4.66 Å². The van der Waals surface area contributed by atoms with Crippen LogP contribution in [0.4, 0.5) is 0 Å². The van der Waals surface area contributed by atoms with E-state index in [-0.39, 0.29) is 0 Å². The highest BCUT2D eigenvalue weighted by molar-refractivity contribution is 6.46. The van der Waals surface area contributed by atoms with Crippen molar-refractivity contribution in [3.63, 3.8) is 0 Å². The second kappa shape index (κ2) is 1.60. The molecule has 0 aromatic carbocycles. The van der Waals surface area contributed by atoms with Gasteiger partial charge in [0.1, 0.15) is 0 Å². The molecule has 0 nitrogen and oxygen atoms in total. The topological polar surface area (TPSA) is 0 Å². The summed E-state index contributed by atoms with van der Waals surface area (Å²) in [5.74, 6) is 0. The van der Waals surface area contributed by atoms with Crippen LogP contribution < -0.4 is 0 Å². The van der Waals surface area contributed by atoms with Gasteiger partial charge in [0.25, 0.3) is 0 Å². The maximum absolute atomic E-state index is 5.91. The normalized spacial score (nSPS) is 51.9. The first-order valence-corrected chi connectivity index (χ1v) is 5.21. The van der Waals surface area contributed by atoms with Gasteiger partial charge in [-0.05, 0) is 11.1 Å². The SMILES string of the molecule is [SiH3]C1([SiH3])CCC1Cl. The van der Waals surface area contributed by atoms with Crippen LogP contribution in [0.15, 0.2) is 0 Å². The summed E-state index contributed by atoms with van der Waals surface area (Å²) < 4.78 is 0.724. The Bertz CT molecular complexity index is 81.8. The predicted molar refractivity (Wildman–Crippen MR) is 41.4 cm³/mol. The van der Waals surface area contributed by atoms with Crippen LogP contribution >= 0.6 is 11.6 Å². The third-order valence-corrected chi connectivity index (χ3v) is 5.82. The average molecular weight is 151 g/mol. The van der Waals surface area contributed by atoms with E-state index in [1.54, 1.807) is 0 Å². The molecule has 0 aliphatic heterocycles. The van der Waals surface area contributed by atoms with Crippen LogP contribution in [0.1, 0.15) is 12.8 Å². The molecule has 0 saturated heterocycles. The molecule has 1 atom stereocenters. The van der Waals surface area contributed by atoms with Crippen molar-refractivity contribution in [1.29, 1.82) is 0 Å². The first-order chi connectivity index (χ1) is 3.13. The van der Waals surface area contributed by atoms with Crippen molar-refractivity contribution in [2.75, 3.05) is 0 Å². The molecule has 0 amide bonds. The van der Waals surface area contributed by atoms with Gasteiger partial charge in [-0.25, -0.2) is 0 Å². The molecule has 1 fully saturated rings. The van der Waals surface area contributed by atoms with Gasteiger partial charge >= 0.3 is 0 Å². The Balaban J connectivity index is 2.43. The molecular formula is C4H11ClSi2. The van der Waals surface area contributed by atoms with Crippen molar-refractivity contribution < 1.29 is 0 Å². The Morgan fingerprint density at radius 1 is 1.57 bits per heavy atom. The minimum absolute atomic E-state index is 0.575. The Morgan fingerprint density at radius 2 is 2.00 bits per heavy atom. The number of rotatable bonds is 0. The van der Waals surface area contributed by atoms with E-state index in [0.29, 0.717) is 5.38 Å². The maximum atomic E-state index is 5.91. The fourth-order valence-corrected chi connectivity index (χ4v) is 2.20. The van der Waals surface area contributed by atoms with Gasteiger partial charge < -0.3 is 0 Å². The van der Waals surface area contributed by atoms with Gasteiger partial charge in [0.2, 0.25) is 0 Å². The lowest BCUT2D eigenvalue weighted by Gasteiger charge is -2.40. The molecule has 0 spiro atoms. The fourth-order valence-electron chi connectivity index (χ4n) is 0.831. The van der Waals surface area contributed by atoms with E-state index >= 15 is 0 Å². The fraction of sp³-hybridized carbons (Fsp3) is 1.00. The molecular weight excluding hydrogens is 140 g/mol. The van der Waals surface area contributed by atoms with Crippen molar-refractivity contribution in [3.05, 3.63) is 0 Å². The van der Waals surface area contributed by atoms with E-state index in [4.69, 9.17) is 11.6 Å². The zero-order chi connectivity index (χ0) is 5.49. The summed E-state index contributed by atoms with van der Waals surface area (Å²) in [4.78, 5) is 0. The molecule has 7 heavy (non-hydrogen) atoms.